The number of ether oxygens (including phenoxy) is 2. The topological polar surface area (TPSA) is 81.4 Å². The van der Waals surface area contributed by atoms with Crippen molar-refractivity contribution in [1.82, 2.24) is 29.9 Å². The minimum atomic E-state index is 0.313. The van der Waals surface area contributed by atoms with Gasteiger partial charge in [0.1, 0.15) is 6.33 Å². The highest BCUT2D eigenvalue weighted by Gasteiger charge is 2.22. The van der Waals surface area contributed by atoms with E-state index in [4.69, 9.17) is 9.47 Å². The summed E-state index contributed by atoms with van der Waals surface area (Å²) in [5.41, 5.74) is 2.82. The van der Waals surface area contributed by atoms with E-state index in [1.54, 1.807) is 11.0 Å². The summed E-state index contributed by atoms with van der Waals surface area (Å²) in [7, 11) is 0. The van der Waals surface area contributed by atoms with Crippen LogP contribution in [0.2, 0.25) is 0 Å². The molecule has 1 saturated heterocycles. The van der Waals surface area contributed by atoms with Crippen molar-refractivity contribution in [1.29, 1.82) is 0 Å². The Morgan fingerprint density at radius 2 is 1.89 bits per heavy atom. The van der Waals surface area contributed by atoms with Crippen LogP contribution in [0.3, 0.4) is 0 Å². The van der Waals surface area contributed by atoms with Crippen LogP contribution in [0.15, 0.2) is 24.5 Å². The number of aromatic nitrogens is 5. The third-order valence-corrected chi connectivity index (χ3v) is 5.10. The zero-order chi connectivity index (χ0) is 18.2. The molecule has 2 aliphatic rings. The smallest absolute Gasteiger partial charge is 0.231 e. The van der Waals surface area contributed by atoms with Gasteiger partial charge in [-0.1, -0.05) is 11.3 Å². The summed E-state index contributed by atoms with van der Waals surface area (Å²) in [4.78, 5) is 13.5. The quantitative estimate of drug-likeness (QED) is 0.682. The lowest BCUT2D eigenvalue weighted by Gasteiger charge is -2.35. The maximum Gasteiger partial charge on any atom is 0.231 e. The summed E-state index contributed by atoms with van der Waals surface area (Å²) >= 11 is 0. The van der Waals surface area contributed by atoms with Crippen molar-refractivity contribution < 1.29 is 9.47 Å². The molecule has 3 aromatic rings. The highest BCUT2D eigenvalue weighted by molar-refractivity contribution is 5.82. The Morgan fingerprint density at radius 3 is 2.74 bits per heavy atom. The van der Waals surface area contributed by atoms with Gasteiger partial charge in [0.05, 0.1) is 0 Å². The SMILES string of the molecule is CCn1nnc2c(N3CCN(Cc4ccc5c(c4)OCO5)CC3)ncnc21. The first-order chi connectivity index (χ1) is 13.3. The minimum absolute atomic E-state index is 0.313. The second-order valence-electron chi connectivity index (χ2n) is 6.73. The molecule has 2 aromatic heterocycles. The number of benzene rings is 1. The summed E-state index contributed by atoms with van der Waals surface area (Å²) < 4.78 is 12.7. The van der Waals surface area contributed by atoms with Gasteiger partial charge in [0.25, 0.3) is 0 Å². The lowest BCUT2D eigenvalue weighted by Crippen LogP contribution is -2.46. The number of hydrogen-bond acceptors (Lipinski definition) is 8. The van der Waals surface area contributed by atoms with E-state index in [-0.39, 0.29) is 0 Å². The van der Waals surface area contributed by atoms with E-state index in [0.717, 1.165) is 67.7 Å². The minimum Gasteiger partial charge on any atom is -0.454 e. The van der Waals surface area contributed by atoms with Gasteiger partial charge in [-0.25, -0.2) is 14.6 Å². The molecule has 0 saturated carbocycles. The summed E-state index contributed by atoms with van der Waals surface area (Å²) in [6.45, 7) is 7.71. The Labute approximate surface area is 156 Å². The Bertz CT molecular complexity index is 965. The normalized spacial score (nSPS) is 17.0. The van der Waals surface area contributed by atoms with Crippen molar-refractivity contribution in [2.24, 2.45) is 0 Å². The number of nitrogens with zero attached hydrogens (tertiary/aromatic N) is 7. The van der Waals surface area contributed by atoms with Crippen LogP contribution in [0.4, 0.5) is 5.82 Å². The number of hydrogen-bond donors (Lipinski definition) is 0. The fourth-order valence-corrected chi connectivity index (χ4v) is 3.64. The number of rotatable bonds is 4. The number of anilines is 1. The van der Waals surface area contributed by atoms with E-state index in [9.17, 15) is 0 Å². The first-order valence-corrected chi connectivity index (χ1v) is 9.22. The molecule has 1 aromatic carbocycles. The molecule has 4 heterocycles. The van der Waals surface area contributed by atoms with Gasteiger partial charge in [0, 0.05) is 39.3 Å². The predicted octanol–water partition coefficient (Wildman–Crippen LogP) is 1.29. The van der Waals surface area contributed by atoms with Crippen molar-refractivity contribution in [3.05, 3.63) is 30.1 Å². The van der Waals surface area contributed by atoms with Gasteiger partial charge < -0.3 is 14.4 Å². The van der Waals surface area contributed by atoms with E-state index in [2.05, 4.69) is 42.2 Å². The van der Waals surface area contributed by atoms with Crippen LogP contribution >= 0.6 is 0 Å². The molecule has 0 bridgehead atoms. The molecule has 140 valence electrons. The molecule has 9 heteroatoms. The third-order valence-electron chi connectivity index (χ3n) is 5.10. The van der Waals surface area contributed by atoms with Crippen molar-refractivity contribution in [3.8, 4) is 11.5 Å². The lowest BCUT2D eigenvalue weighted by atomic mass is 10.1. The summed E-state index contributed by atoms with van der Waals surface area (Å²) in [6.07, 6.45) is 1.60. The molecule has 5 rings (SSSR count). The van der Waals surface area contributed by atoms with Crippen molar-refractivity contribution in [2.75, 3.05) is 37.9 Å². The van der Waals surface area contributed by atoms with Gasteiger partial charge >= 0.3 is 0 Å². The highest BCUT2D eigenvalue weighted by Crippen LogP contribution is 2.33. The maximum atomic E-state index is 5.48. The molecular formula is C18H21N7O2. The monoisotopic (exact) mass is 367 g/mol. The standard InChI is InChI=1S/C18H21N7O2/c1-2-25-18-16(21-22-25)17(19-11-20-18)24-7-5-23(6-8-24)10-13-3-4-14-15(9-13)27-12-26-14/h3-4,9,11H,2,5-8,10,12H2,1H3. The van der Waals surface area contributed by atoms with Crippen LogP contribution < -0.4 is 14.4 Å². The van der Waals surface area contributed by atoms with E-state index < -0.39 is 0 Å². The van der Waals surface area contributed by atoms with Crippen LogP contribution in [0.5, 0.6) is 11.5 Å². The van der Waals surface area contributed by atoms with Crippen molar-refractivity contribution in [2.45, 2.75) is 20.0 Å². The van der Waals surface area contributed by atoms with E-state index in [1.807, 2.05) is 13.0 Å². The Balaban J connectivity index is 1.27. The van der Waals surface area contributed by atoms with Crippen molar-refractivity contribution >= 4 is 17.0 Å². The third kappa shape index (κ3) is 2.93. The predicted molar refractivity (Wildman–Crippen MR) is 98.8 cm³/mol. The van der Waals surface area contributed by atoms with Crippen LogP contribution in [-0.4, -0.2) is 62.8 Å². The van der Waals surface area contributed by atoms with Crippen LogP contribution in [0.25, 0.3) is 11.2 Å². The lowest BCUT2D eigenvalue weighted by molar-refractivity contribution is 0.174. The maximum absolute atomic E-state index is 5.48. The van der Waals surface area contributed by atoms with Gasteiger partial charge in [-0.3, -0.25) is 4.90 Å². The highest BCUT2D eigenvalue weighted by atomic mass is 16.7. The Hall–Kier alpha value is -2.94. The molecule has 2 aliphatic heterocycles. The Morgan fingerprint density at radius 1 is 1.04 bits per heavy atom. The number of fused-ring (bicyclic) bond motifs is 2. The fourth-order valence-electron chi connectivity index (χ4n) is 3.64. The number of piperazine rings is 1. The molecule has 27 heavy (non-hydrogen) atoms. The molecular weight excluding hydrogens is 346 g/mol. The van der Waals surface area contributed by atoms with Crippen molar-refractivity contribution in [3.63, 3.8) is 0 Å². The molecule has 9 nitrogen and oxygen atoms in total. The van der Waals surface area contributed by atoms with Crippen LogP contribution in [0.1, 0.15) is 12.5 Å². The molecule has 0 amide bonds. The van der Waals surface area contributed by atoms with Gasteiger partial charge in [-0.2, -0.15) is 0 Å². The Kier molecular flexibility index (Phi) is 4.01. The molecule has 0 radical (unpaired) electrons. The molecule has 0 N–H and O–H groups in total. The van der Waals surface area contributed by atoms with Gasteiger partial charge in [-0.05, 0) is 24.6 Å². The summed E-state index contributed by atoms with van der Waals surface area (Å²) in [6, 6.07) is 6.17. The first-order valence-electron chi connectivity index (χ1n) is 9.22. The zero-order valence-electron chi connectivity index (χ0n) is 15.2. The van der Waals surface area contributed by atoms with Crippen LogP contribution in [-0.2, 0) is 13.1 Å². The second kappa shape index (κ2) is 6.66. The molecule has 0 aliphatic carbocycles. The van der Waals surface area contributed by atoms with E-state index >= 15 is 0 Å². The van der Waals surface area contributed by atoms with Crippen LogP contribution in [0, 0.1) is 0 Å². The largest absolute Gasteiger partial charge is 0.454 e. The van der Waals surface area contributed by atoms with Gasteiger partial charge in [0.2, 0.25) is 6.79 Å². The molecule has 0 atom stereocenters. The molecule has 0 unspecified atom stereocenters. The van der Waals surface area contributed by atoms with E-state index in [1.165, 1.54) is 5.56 Å². The average Bonchev–Trinajstić information content (AvgIpc) is 3.34. The summed E-state index contributed by atoms with van der Waals surface area (Å²) in [5, 5.41) is 8.47. The first kappa shape index (κ1) is 16.2. The van der Waals surface area contributed by atoms with Gasteiger partial charge in [0.15, 0.2) is 28.5 Å². The molecule has 1 fully saturated rings. The second-order valence-corrected chi connectivity index (χ2v) is 6.73. The van der Waals surface area contributed by atoms with E-state index in [0.29, 0.717) is 6.79 Å². The average molecular weight is 367 g/mol. The molecule has 0 spiro atoms. The van der Waals surface area contributed by atoms with Gasteiger partial charge in [-0.15, -0.1) is 5.10 Å². The zero-order valence-corrected chi connectivity index (χ0v) is 15.2. The summed E-state index contributed by atoms with van der Waals surface area (Å²) in [5.74, 6) is 2.55. The fraction of sp³-hybridized carbons (Fsp3) is 0.444. The number of aryl methyl sites for hydroxylation is 1.